The molecule has 23 heavy (non-hydrogen) atoms. The molecule has 7 heteroatoms. The van der Waals surface area contributed by atoms with Gasteiger partial charge in [0.05, 0.1) is 12.8 Å². The van der Waals surface area contributed by atoms with Gasteiger partial charge in [-0.3, -0.25) is 9.59 Å². The van der Waals surface area contributed by atoms with E-state index in [1.54, 1.807) is 0 Å². The number of unbranched alkanes of at least 4 members (excludes halogenated alkanes) is 1. The first kappa shape index (κ1) is 19.2. The summed E-state index contributed by atoms with van der Waals surface area (Å²) in [6, 6.07) is 5.50. The predicted molar refractivity (Wildman–Crippen MR) is 93.6 cm³/mol. The molecule has 2 N–H and O–H groups in total. The molecule has 0 fully saturated rings. The van der Waals surface area contributed by atoms with Gasteiger partial charge in [0.1, 0.15) is 5.75 Å². The average Bonchev–Trinajstić information content (AvgIpc) is 2.54. The number of nitrogens with one attached hydrogen (secondary N) is 2. The summed E-state index contributed by atoms with van der Waals surface area (Å²) in [5.41, 5.74) is 2.92. The SMILES string of the molecule is CCCCNC(=O)C(=O)N/N=C\c1cc(Br)ccc1OCCC. The van der Waals surface area contributed by atoms with Gasteiger partial charge in [-0.1, -0.05) is 36.2 Å². The van der Waals surface area contributed by atoms with Crippen LogP contribution in [-0.2, 0) is 9.59 Å². The molecule has 0 aliphatic rings. The van der Waals surface area contributed by atoms with Crippen molar-refractivity contribution in [2.75, 3.05) is 13.2 Å². The van der Waals surface area contributed by atoms with E-state index in [2.05, 4.69) is 31.8 Å². The zero-order chi connectivity index (χ0) is 17.1. The molecule has 1 aromatic carbocycles. The number of amides is 2. The average molecular weight is 384 g/mol. The van der Waals surface area contributed by atoms with Gasteiger partial charge in [0, 0.05) is 16.6 Å². The van der Waals surface area contributed by atoms with Gasteiger partial charge in [0.15, 0.2) is 0 Å². The summed E-state index contributed by atoms with van der Waals surface area (Å²) in [6.07, 6.45) is 4.12. The minimum absolute atomic E-state index is 0.479. The van der Waals surface area contributed by atoms with Crippen LogP contribution in [0.2, 0.25) is 0 Å². The Bertz CT molecular complexity index is 562. The molecule has 0 aliphatic carbocycles. The monoisotopic (exact) mass is 383 g/mol. The third kappa shape index (κ3) is 7.27. The molecule has 126 valence electrons. The summed E-state index contributed by atoms with van der Waals surface area (Å²) >= 11 is 3.38. The maximum absolute atomic E-state index is 11.6. The molecule has 1 aromatic rings. The molecule has 2 amide bonds. The van der Waals surface area contributed by atoms with E-state index in [9.17, 15) is 9.59 Å². The molecule has 0 saturated heterocycles. The number of hydrogen-bond acceptors (Lipinski definition) is 4. The molecule has 0 aromatic heterocycles. The van der Waals surface area contributed by atoms with E-state index in [1.807, 2.05) is 32.0 Å². The van der Waals surface area contributed by atoms with Crippen molar-refractivity contribution in [2.24, 2.45) is 5.10 Å². The molecule has 0 bridgehead atoms. The lowest BCUT2D eigenvalue weighted by atomic mass is 10.2. The van der Waals surface area contributed by atoms with Crippen molar-refractivity contribution in [3.63, 3.8) is 0 Å². The number of hydrogen-bond donors (Lipinski definition) is 2. The second-order valence-electron chi connectivity index (χ2n) is 4.84. The zero-order valence-corrected chi connectivity index (χ0v) is 15.0. The fraction of sp³-hybridized carbons (Fsp3) is 0.438. The number of nitrogens with zero attached hydrogens (tertiary/aromatic N) is 1. The van der Waals surface area contributed by atoms with Crippen molar-refractivity contribution < 1.29 is 14.3 Å². The Morgan fingerprint density at radius 3 is 2.74 bits per heavy atom. The van der Waals surface area contributed by atoms with Gasteiger partial charge < -0.3 is 10.1 Å². The van der Waals surface area contributed by atoms with E-state index in [1.165, 1.54) is 6.21 Å². The first-order valence-corrected chi connectivity index (χ1v) is 8.41. The summed E-state index contributed by atoms with van der Waals surface area (Å²) in [5.74, 6) is -0.809. The summed E-state index contributed by atoms with van der Waals surface area (Å²) in [5, 5.41) is 6.34. The number of rotatable bonds is 8. The van der Waals surface area contributed by atoms with Crippen LogP contribution in [0.4, 0.5) is 0 Å². The summed E-state index contributed by atoms with van der Waals surface area (Å²) in [6.45, 7) is 5.10. The number of carbonyl (C=O) groups is 2. The van der Waals surface area contributed by atoms with Crippen molar-refractivity contribution >= 4 is 34.0 Å². The smallest absolute Gasteiger partial charge is 0.329 e. The summed E-state index contributed by atoms with van der Waals surface area (Å²) < 4.78 is 6.47. The van der Waals surface area contributed by atoms with Gasteiger partial charge >= 0.3 is 11.8 Å². The van der Waals surface area contributed by atoms with Crippen LogP contribution in [0.3, 0.4) is 0 Å². The molecule has 0 aliphatic heterocycles. The minimum atomic E-state index is -0.789. The maximum atomic E-state index is 11.6. The molecular formula is C16H22BrN3O3. The van der Waals surface area contributed by atoms with E-state index < -0.39 is 11.8 Å². The Morgan fingerprint density at radius 2 is 2.04 bits per heavy atom. The Kier molecular flexibility index (Phi) is 8.97. The minimum Gasteiger partial charge on any atom is -0.493 e. The lowest BCUT2D eigenvalue weighted by Crippen LogP contribution is -2.38. The third-order valence-corrected chi connectivity index (χ3v) is 3.32. The number of carbonyl (C=O) groups excluding carboxylic acids is 2. The number of hydrazone groups is 1. The highest BCUT2D eigenvalue weighted by Crippen LogP contribution is 2.21. The third-order valence-electron chi connectivity index (χ3n) is 2.83. The number of benzene rings is 1. The van der Waals surface area contributed by atoms with Gasteiger partial charge in [-0.15, -0.1) is 0 Å². The van der Waals surface area contributed by atoms with E-state index >= 15 is 0 Å². The molecule has 6 nitrogen and oxygen atoms in total. The summed E-state index contributed by atoms with van der Waals surface area (Å²) in [7, 11) is 0. The van der Waals surface area contributed by atoms with Crippen molar-refractivity contribution in [1.29, 1.82) is 0 Å². The fourth-order valence-electron chi connectivity index (χ4n) is 1.63. The largest absolute Gasteiger partial charge is 0.493 e. The molecule has 0 unspecified atom stereocenters. The van der Waals surface area contributed by atoms with Crippen LogP contribution in [0.25, 0.3) is 0 Å². The molecule has 1 rings (SSSR count). The van der Waals surface area contributed by atoms with Crippen LogP contribution in [0.1, 0.15) is 38.7 Å². The van der Waals surface area contributed by atoms with E-state index in [4.69, 9.17) is 4.74 Å². The van der Waals surface area contributed by atoms with Crippen molar-refractivity contribution in [3.05, 3.63) is 28.2 Å². The molecular weight excluding hydrogens is 362 g/mol. The molecule has 0 spiro atoms. The van der Waals surface area contributed by atoms with Gasteiger partial charge in [-0.2, -0.15) is 5.10 Å². The first-order valence-electron chi connectivity index (χ1n) is 7.62. The van der Waals surface area contributed by atoms with Crippen LogP contribution in [0.15, 0.2) is 27.8 Å². The maximum Gasteiger partial charge on any atom is 0.329 e. The van der Waals surface area contributed by atoms with Crippen LogP contribution >= 0.6 is 15.9 Å². The Hall–Kier alpha value is -1.89. The van der Waals surface area contributed by atoms with E-state index in [0.717, 1.165) is 23.7 Å². The van der Waals surface area contributed by atoms with Gasteiger partial charge in [-0.25, -0.2) is 5.43 Å². The topological polar surface area (TPSA) is 79.8 Å². The van der Waals surface area contributed by atoms with E-state index in [-0.39, 0.29) is 0 Å². The van der Waals surface area contributed by atoms with Crippen molar-refractivity contribution in [3.8, 4) is 5.75 Å². The Balaban J connectivity index is 2.61. The predicted octanol–water partition coefficient (Wildman–Crippen LogP) is 2.60. The second-order valence-corrected chi connectivity index (χ2v) is 5.75. The standard InChI is InChI=1S/C16H22BrN3O3/c1-3-5-8-18-15(21)16(22)20-19-11-12-10-13(17)6-7-14(12)23-9-4-2/h6-7,10-11H,3-5,8-9H2,1-2H3,(H,18,21)(H,20,22)/b19-11-. The lowest BCUT2D eigenvalue weighted by Gasteiger charge is -2.08. The highest BCUT2D eigenvalue weighted by Gasteiger charge is 2.11. The van der Waals surface area contributed by atoms with Crippen LogP contribution < -0.4 is 15.5 Å². The highest BCUT2D eigenvalue weighted by atomic mass is 79.9. The number of halogens is 1. The molecule has 0 saturated carbocycles. The number of ether oxygens (including phenoxy) is 1. The normalized spacial score (nSPS) is 10.6. The van der Waals surface area contributed by atoms with Crippen LogP contribution in [-0.4, -0.2) is 31.2 Å². The van der Waals surface area contributed by atoms with Gasteiger partial charge in [0.2, 0.25) is 0 Å². The second kappa shape index (κ2) is 10.8. The lowest BCUT2D eigenvalue weighted by molar-refractivity contribution is -0.139. The van der Waals surface area contributed by atoms with Crippen LogP contribution in [0.5, 0.6) is 5.75 Å². The highest BCUT2D eigenvalue weighted by molar-refractivity contribution is 9.10. The molecule has 0 heterocycles. The van der Waals surface area contributed by atoms with Crippen molar-refractivity contribution in [2.45, 2.75) is 33.1 Å². The Labute approximate surface area is 144 Å². The zero-order valence-electron chi connectivity index (χ0n) is 13.4. The van der Waals surface area contributed by atoms with Crippen molar-refractivity contribution in [1.82, 2.24) is 10.7 Å². The fourth-order valence-corrected chi connectivity index (χ4v) is 2.01. The molecule has 0 atom stereocenters. The molecule has 0 radical (unpaired) electrons. The first-order chi connectivity index (χ1) is 11.1. The summed E-state index contributed by atoms with van der Waals surface area (Å²) in [4.78, 5) is 23.1. The van der Waals surface area contributed by atoms with E-state index in [0.29, 0.717) is 24.5 Å². The van der Waals surface area contributed by atoms with Gasteiger partial charge in [-0.05, 0) is 31.0 Å². The van der Waals surface area contributed by atoms with Crippen LogP contribution in [0, 0.1) is 0 Å². The Morgan fingerprint density at radius 1 is 1.26 bits per heavy atom. The van der Waals surface area contributed by atoms with Gasteiger partial charge in [0.25, 0.3) is 0 Å². The quantitative estimate of drug-likeness (QED) is 0.313.